The van der Waals surface area contributed by atoms with Gasteiger partial charge in [0.15, 0.2) is 0 Å². The van der Waals surface area contributed by atoms with Gasteiger partial charge in [0.25, 0.3) is 5.91 Å². The molecule has 7 heteroatoms. The average molecular weight is 416 g/mol. The fourth-order valence-electron chi connectivity index (χ4n) is 5.01. The van der Waals surface area contributed by atoms with Gasteiger partial charge in [-0.05, 0) is 62.4 Å². The summed E-state index contributed by atoms with van der Waals surface area (Å²) in [5, 5.41) is 2.76. The Balaban J connectivity index is 1.46. The molecule has 2 aliphatic heterocycles. The molecule has 0 aromatic heterocycles. The maximum atomic E-state index is 12.9. The van der Waals surface area contributed by atoms with Gasteiger partial charge in [0.1, 0.15) is 24.6 Å². The van der Waals surface area contributed by atoms with E-state index in [2.05, 4.69) is 23.7 Å². The lowest BCUT2D eigenvalue weighted by atomic mass is 10.0. The van der Waals surface area contributed by atoms with Crippen molar-refractivity contribution in [3.05, 3.63) is 41.6 Å². The lowest BCUT2D eigenvalue weighted by Crippen LogP contribution is -2.49. The van der Waals surface area contributed by atoms with Crippen LogP contribution in [0.2, 0.25) is 0 Å². The number of piperidine rings is 1. The molecule has 1 aromatic rings. The largest absolute Gasteiger partial charge is 0.489 e. The first-order valence-corrected chi connectivity index (χ1v) is 10.9. The van der Waals surface area contributed by atoms with E-state index in [-0.39, 0.29) is 30.6 Å². The molecule has 4 rings (SSSR count). The number of carbonyl (C=O) groups is 2. The molecule has 2 amide bonds. The van der Waals surface area contributed by atoms with Gasteiger partial charge in [0.2, 0.25) is 5.91 Å². The van der Waals surface area contributed by atoms with Gasteiger partial charge in [0.05, 0.1) is 0 Å². The summed E-state index contributed by atoms with van der Waals surface area (Å²) in [5.41, 5.74) is 2.23. The highest BCUT2D eigenvalue weighted by Crippen LogP contribution is 2.33. The quantitative estimate of drug-likeness (QED) is 0.744. The number of hydrogen-bond acceptors (Lipinski definition) is 4. The first kappa shape index (κ1) is 20.8. The summed E-state index contributed by atoms with van der Waals surface area (Å²) in [5.74, 6) is 0.464. The Kier molecular flexibility index (Phi) is 6.09. The molecule has 1 unspecified atom stereocenters. The number of amides is 2. The number of ether oxygens (including phenoxy) is 1. The zero-order valence-electron chi connectivity index (χ0n) is 17.5. The third kappa shape index (κ3) is 3.95. The van der Waals surface area contributed by atoms with E-state index >= 15 is 0 Å². The minimum atomic E-state index is -0.460. The van der Waals surface area contributed by atoms with E-state index in [4.69, 9.17) is 4.74 Å². The number of fused-ring (bicyclic) bond motifs is 1. The summed E-state index contributed by atoms with van der Waals surface area (Å²) in [4.78, 5) is 29.0. The summed E-state index contributed by atoms with van der Waals surface area (Å²) in [6, 6.07) is 5.32. The molecule has 6 nitrogen and oxygen atoms in total. The Hall–Kier alpha value is -2.41. The van der Waals surface area contributed by atoms with E-state index in [1.54, 1.807) is 11.0 Å². The smallest absolute Gasteiger partial charge is 0.255 e. The van der Waals surface area contributed by atoms with Crippen molar-refractivity contribution in [1.82, 2.24) is 15.1 Å². The van der Waals surface area contributed by atoms with Gasteiger partial charge in [-0.15, -0.1) is 0 Å². The highest BCUT2D eigenvalue weighted by Gasteiger charge is 2.38. The molecular formula is C23H30FN3O3. The van der Waals surface area contributed by atoms with Crippen LogP contribution in [0.4, 0.5) is 4.39 Å². The molecule has 1 aliphatic carbocycles. The van der Waals surface area contributed by atoms with Crippen molar-refractivity contribution < 1.29 is 18.7 Å². The van der Waals surface area contributed by atoms with Gasteiger partial charge in [-0.1, -0.05) is 13.5 Å². The van der Waals surface area contributed by atoms with Crippen molar-refractivity contribution >= 4 is 11.8 Å². The number of nitrogens with zero attached hydrogens (tertiary/aromatic N) is 2. The molecule has 30 heavy (non-hydrogen) atoms. The van der Waals surface area contributed by atoms with Crippen molar-refractivity contribution in [2.75, 3.05) is 19.8 Å². The molecule has 0 radical (unpaired) electrons. The second kappa shape index (κ2) is 8.76. The summed E-state index contributed by atoms with van der Waals surface area (Å²) in [6.07, 6.45) is 4.33. The minimum Gasteiger partial charge on any atom is -0.489 e. The molecular weight excluding hydrogens is 385 g/mol. The van der Waals surface area contributed by atoms with Crippen LogP contribution in [-0.4, -0.2) is 59.6 Å². The third-order valence-electron chi connectivity index (χ3n) is 6.56. The van der Waals surface area contributed by atoms with Gasteiger partial charge < -0.3 is 15.0 Å². The first-order chi connectivity index (χ1) is 14.5. The standard InChI is InChI=1S/C23H30FN3O3/c1-3-26(12-11-24)19-5-4-6-21(19)30-17-8-9-18-16(13-17)14-27(23(18)29)20-10-7-15(2)25-22(20)28/h8-9,13,19-21H,2-7,10-12,14H2,1H3,(H,25,28)/t19-,20?,21-/m1/s1. The van der Waals surface area contributed by atoms with Crippen molar-refractivity contribution in [1.29, 1.82) is 0 Å². The third-order valence-corrected chi connectivity index (χ3v) is 6.56. The topological polar surface area (TPSA) is 61.9 Å². The highest BCUT2D eigenvalue weighted by atomic mass is 19.1. The summed E-state index contributed by atoms with van der Waals surface area (Å²) in [6.45, 7) is 7.15. The summed E-state index contributed by atoms with van der Waals surface area (Å²) >= 11 is 0. The van der Waals surface area contributed by atoms with Crippen LogP contribution in [0.25, 0.3) is 0 Å². The van der Waals surface area contributed by atoms with Crippen molar-refractivity contribution in [3.8, 4) is 5.75 Å². The lowest BCUT2D eigenvalue weighted by molar-refractivity contribution is -0.126. The monoisotopic (exact) mass is 415 g/mol. The van der Waals surface area contributed by atoms with Crippen molar-refractivity contribution in [3.63, 3.8) is 0 Å². The molecule has 0 bridgehead atoms. The zero-order chi connectivity index (χ0) is 21.3. The minimum absolute atomic E-state index is 0.0258. The first-order valence-electron chi connectivity index (χ1n) is 10.9. The molecule has 3 aliphatic rings. The number of likely N-dealkylation sites (N-methyl/N-ethyl adjacent to an activating group) is 1. The number of benzene rings is 1. The average Bonchev–Trinajstić information content (AvgIpc) is 3.30. The summed E-state index contributed by atoms with van der Waals surface area (Å²) in [7, 11) is 0. The number of carbonyl (C=O) groups excluding carboxylic acids is 2. The molecule has 2 fully saturated rings. The fraction of sp³-hybridized carbons (Fsp3) is 0.565. The second-order valence-corrected chi connectivity index (χ2v) is 8.37. The van der Waals surface area contributed by atoms with Gasteiger partial charge in [0, 0.05) is 30.4 Å². The Morgan fingerprint density at radius 3 is 2.87 bits per heavy atom. The van der Waals surface area contributed by atoms with E-state index in [1.807, 2.05) is 12.1 Å². The van der Waals surface area contributed by atoms with Crippen LogP contribution in [0.5, 0.6) is 5.75 Å². The number of nitrogens with one attached hydrogen (secondary N) is 1. The van der Waals surface area contributed by atoms with Gasteiger partial charge in [-0.25, -0.2) is 4.39 Å². The SMILES string of the molecule is C=C1CCC(N2Cc3cc(O[C@@H]4CCC[C@H]4N(CC)CCF)ccc3C2=O)C(=O)N1. The predicted molar refractivity (Wildman–Crippen MR) is 112 cm³/mol. The molecule has 0 spiro atoms. The maximum absolute atomic E-state index is 12.9. The lowest BCUT2D eigenvalue weighted by Gasteiger charge is -2.31. The van der Waals surface area contributed by atoms with Gasteiger partial charge in [-0.3, -0.25) is 14.5 Å². The molecule has 1 saturated carbocycles. The fourth-order valence-corrected chi connectivity index (χ4v) is 5.01. The number of rotatable bonds is 7. The molecule has 1 aromatic carbocycles. The van der Waals surface area contributed by atoms with Crippen LogP contribution >= 0.6 is 0 Å². The number of allylic oxidation sites excluding steroid dienone is 1. The van der Waals surface area contributed by atoms with E-state index < -0.39 is 6.04 Å². The van der Waals surface area contributed by atoms with Crippen LogP contribution in [-0.2, 0) is 11.3 Å². The Labute approximate surface area is 177 Å². The number of halogens is 1. The Morgan fingerprint density at radius 1 is 1.30 bits per heavy atom. The van der Waals surface area contributed by atoms with Crippen molar-refractivity contribution in [2.24, 2.45) is 0 Å². The highest BCUT2D eigenvalue weighted by molar-refractivity contribution is 6.01. The molecule has 162 valence electrons. The molecule has 3 atom stereocenters. The number of hydrogen-bond donors (Lipinski definition) is 1. The Morgan fingerprint density at radius 2 is 2.13 bits per heavy atom. The van der Waals surface area contributed by atoms with E-state index in [0.717, 1.165) is 37.1 Å². The zero-order valence-corrected chi connectivity index (χ0v) is 17.5. The van der Waals surface area contributed by atoms with Gasteiger partial charge in [-0.2, -0.15) is 0 Å². The van der Waals surface area contributed by atoms with Crippen LogP contribution in [0.3, 0.4) is 0 Å². The van der Waals surface area contributed by atoms with E-state index in [9.17, 15) is 14.0 Å². The molecule has 2 heterocycles. The second-order valence-electron chi connectivity index (χ2n) is 8.37. The van der Waals surface area contributed by atoms with E-state index in [1.165, 1.54) is 0 Å². The molecule has 1 N–H and O–H groups in total. The normalized spacial score (nSPS) is 26.3. The van der Waals surface area contributed by atoms with Crippen LogP contribution in [0.1, 0.15) is 54.9 Å². The van der Waals surface area contributed by atoms with Crippen molar-refractivity contribution in [2.45, 2.75) is 63.8 Å². The van der Waals surface area contributed by atoms with Crippen LogP contribution < -0.4 is 10.1 Å². The van der Waals surface area contributed by atoms with E-state index in [0.29, 0.717) is 37.2 Å². The summed E-state index contributed by atoms with van der Waals surface area (Å²) < 4.78 is 19.2. The van der Waals surface area contributed by atoms with Gasteiger partial charge >= 0.3 is 0 Å². The van der Waals surface area contributed by atoms with Crippen LogP contribution in [0.15, 0.2) is 30.5 Å². The maximum Gasteiger partial charge on any atom is 0.255 e. The Bertz CT molecular complexity index is 843. The number of alkyl halides is 1. The predicted octanol–water partition coefficient (Wildman–Crippen LogP) is 3.03. The van der Waals surface area contributed by atoms with Crippen LogP contribution in [0, 0.1) is 0 Å². The molecule has 1 saturated heterocycles.